The van der Waals surface area contributed by atoms with Gasteiger partial charge >= 0.3 is 0 Å². The van der Waals surface area contributed by atoms with Gasteiger partial charge in [-0.2, -0.15) is 0 Å². The summed E-state index contributed by atoms with van der Waals surface area (Å²) in [5.74, 6) is -0.525. The molecule has 1 N–H and O–H groups in total. The van der Waals surface area contributed by atoms with Crippen LogP contribution in [0.25, 0.3) is 0 Å². The van der Waals surface area contributed by atoms with E-state index in [4.69, 9.17) is 0 Å². The van der Waals surface area contributed by atoms with Crippen LogP contribution < -0.4 is 10.2 Å². The number of halogens is 1. The molecule has 22 heavy (non-hydrogen) atoms. The number of hydrogen-bond donors (Lipinski definition) is 1. The van der Waals surface area contributed by atoms with Crippen molar-refractivity contribution < 1.29 is 9.18 Å². The fourth-order valence-corrected chi connectivity index (χ4v) is 3.39. The van der Waals surface area contributed by atoms with E-state index in [1.807, 2.05) is 0 Å². The summed E-state index contributed by atoms with van der Waals surface area (Å²) < 4.78 is 12.8. The number of anilines is 1. The van der Waals surface area contributed by atoms with E-state index < -0.39 is 0 Å². The van der Waals surface area contributed by atoms with Crippen LogP contribution in [0.3, 0.4) is 0 Å². The first-order valence-electron chi connectivity index (χ1n) is 7.45. The lowest BCUT2D eigenvalue weighted by atomic mass is 10.2. The average Bonchev–Trinajstić information content (AvgIpc) is 3.19. The zero-order valence-electron chi connectivity index (χ0n) is 12.2. The smallest absolute Gasteiger partial charge is 0.251 e. The monoisotopic (exact) mass is 319 g/mol. The molecule has 2 heterocycles. The van der Waals surface area contributed by atoms with Gasteiger partial charge in [-0.05, 0) is 37.1 Å². The average molecular weight is 319 g/mol. The molecule has 4 nitrogen and oxygen atoms in total. The van der Waals surface area contributed by atoms with Crippen LogP contribution in [0.2, 0.25) is 0 Å². The molecular weight excluding hydrogens is 301 g/mol. The lowest BCUT2D eigenvalue weighted by Gasteiger charge is -2.12. The summed E-state index contributed by atoms with van der Waals surface area (Å²) in [6, 6.07) is 5.55. The molecule has 6 heteroatoms. The molecule has 1 saturated heterocycles. The summed E-state index contributed by atoms with van der Waals surface area (Å²) in [5, 5.41) is 5.97. The number of rotatable bonds is 5. The molecule has 0 saturated carbocycles. The zero-order valence-corrected chi connectivity index (χ0v) is 13.0. The third-order valence-corrected chi connectivity index (χ3v) is 4.64. The summed E-state index contributed by atoms with van der Waals surface area (Å²) in [7, 11) is 0. The maximum atomic E-state index is 12.8. The summed E-state index contributed by atoms with van der Waals surface area (Å²) >= 11 is 1.66. The largest absolute Gasteiger partial charge is 0.352 e. The molecule has 1 aliphatic rings. The number of carbonyl (C=O) groups is 1. The number of hydrogen-bond acceptors (Lipinski definition) is 4. The highest BCUT2D eigenvalue weighted by Crippen LogP contribution is 2.24. The van der Waals surface area contributed by atoms with Crippen LogP contribution in [0.4, 0.5) is 9.52 Å². The minimum Gasteiger partial charge on any atom is -0.352 e. The van der Waals surface area contributed by atoms with Crippen LogP contribution in [-0.2, 0) is 6.42 Å². The van der Waals surface area contributed by atoms with E-state index in [9.17, 15) is 9.18 Å². The molecule has 0 bridgehead atoms. The zero-order chi connectivity index (χ0) is 15.4. The maximum absolute atomic E-state index is 12.8. The Morgan fingerprint density at radius 2 is 2.00 bits per heavy atom. The van der Waals surface area contributed by atoms with Gasteiger partial charge in [-0.3, -0.25) is 4.79 Å². The highest BCUT2D eigenvalue weighted by molar-refractivity contribution is 7.13. The van der Waals surface area contributed by atoms with Crippen molar-refractivity contribution in [1.29, 1.82) is 0 Å². The Labute approximate surface area is 133 Å². The van der Waals surface area contributed by atoms with Crippen LogP contribution in [-0.4, -0.2) is 30.5 Å². The standard InChI is InChI=1S/C16H18FN3OS/c17-13-5-3-12(4-6-13)15(21)18-8-7-14-11-22-16(19-14)20-9-1-2-10-20/h3-6,11H,1-2,7-10H2,(H,18,21). The highest BCUT2D eigenvalue weighted by atomic mass is 32.1. The number of nitrogens with one attached hydrogen (secondary N) is 1. The second kappa shape index (κ2) is 6.87. The predicted molar refractivity (Wildman–Crippen MR) is 86.0 cm³/mol. The van der Waals surface area contributed by atoms with Crippen molar-refractivity contribution in [3.63, 3.8) is 0 Å². The first-order valence-corrected chi connectivity index (χ1v) is 8.33. The van der Waals surface area contributed by atoms with Crippen molar-refractivity contribution in [2.45, 2.75) is 19.3 Å². The fourth-order valence-electron chi connectivity index (χ4n) is 2.47. The minimum absolute atomic E-state index is 0.185. The molecule has 1 amide bonds. The number of thiazole rings is 1. The molecule has 116 valence electrons. The minimum atomic E-state index is -0.339. The van der Waals surface area contributed by atoms with Crippen LogP contribution >= 0.6 is 11.3 Å². The Kier molecular flexibility index (Phi) is 4.68. The van der Waals surface area contributed by atoms with Crippen molar-refractivity contribution in [2.24, 2.45) is 0 Å². The Morgan fingerprint density at radius 1 is 1.27 bits per heavy atom. The highest BCUT2D eigenvalue weighted by Gasteiger charge is 2.15. The van der Waals surface area contributed by atoms with Gasteiger partial charge in [0.25, 0.3) is 5.91 Å². The van der Waals surface area contributed by atoms with Gasteiger partial charge in [0, 0.05) is 37.0 Å². The molecule has 1 fully saturated rings. The normalized spacial score (nSPS) is 14.3. The molecule has 0 atom stereocenters. The predicted octanol–water partition coefficient (Wildman–Crippen LogP) is 2.85. The topological polar surface area (TPSA) is 45.2 Å². The number of nitrogens with zero attached hydrogens (tertiary/aromatic N) is 2. The van der Waals surface area contributed by atoms with E-state index >= 15 is 0 Å². The number of benzene rings is 1. The Hall–Kier alpha value is -1.95. The van der Waals surface area contributed by atoms with Gasteiger partial charge in [-0.1, -0.05) is 0 Å². The van der Waals surface area contributed by atoms with Crippen LogP contribution in [0, 0.1) is 5.82 Å². The quantitative estimate of drug-likeness (QED) is 0.922. The van der Waals surface area contributed by atoms with Crippen molar-refractivity contribution in [3.8, 4) is 0 Å². The Bertz CT molecular complexity index is 635. The summed E-state index contributed by atoms with van der Waals surface area (Å²) in [5.41, 5.74) is 1.48. The van der Waals surface area contributed by atoms with E-state index in [1.165, 1.54) is 37.1 Å². The van der Waals surface area contributed by atoms with Gasteiger partial charge in [0.05, 0.1) is 5.69 Å². The van der Waals surface area contributed by atoms with Crippen molar-refractivity contribution in [2.75, 3.05) is 24.5 Å². The van der Waals surface area contributed by atoms with E-state index in [0.29, 0.717) is 18.5 Å². The Balaban J connectivity index is 1.48. The van der Waals surface area contributed by atoms with Gasteiger partial charge in [0.2, 0.25) is 0 Å². The van der Waals surface area contributed by atoms with Crippen molar-refractivity contribution >= 4 is 22.4 Å². The van der Waals surface area contributed by atoms with E-state index in [1.54, 1.807) is 11.3 Å². The second-order valence-corrected chi connectivity index (χ2v) is 6.16. The summed E-state index contributed by atoms with van der Waals surface area (Å²) in [6.07, 6.45) is 3.18. The van der Waals surface area contributed by atoms with Gasteiger partial charge in [-0.25, -0.2) is 9.37 Å². The maximum Gasteiger partial charge on any atom is 0.251 e. The number of aromatic nitrogens is 1. The van der Waals surface area contributed by atoms with Crippen LogP contribution in [0.15, 0.2) is 29.6 Å². The van der Waals surface area contributed by atoms with Gasteiger partial charge < -0.3 is 10.2 Å². The first kappa shape index (κ1) is 15.0. The van der Waals surface area contributed by atoms with Crippen LogP contribution in [0.1, 0.15) is 28.9 Å². The molecular formula is C16H18FN3OS. The SMILES string of the molecule is O=C(NCCc1csc(N2CCCC2)n1)c1ccc(F)cc1. The second-order valence-electron chi connectivity index (χ2n) is 5.33. The van der Waals surface area contributed by atoms with E-state index in [-0.39, 0.29) is 11.7 Å². The molecule has 0 aliphatic carbocycles. The van der Waals surface area contributed by atoms with E-state index in [2.05, 4.69) is 20.6 Å². The van der Waals surface area contributed by atoms with Crippen molar-refractivity contribution in [1.82, 2.24) is 10.3 Å². The molecule has 1 aliphatic heterocycles. The molecule has 0 spiro atoms. The molecule has 2 aromatic rings. The molecule has 1 aromatic carbocycles. The lowest BCUT2D eigenvalue weighted by Crippen LogP contribution is -2.25. The number of carbonyl (C=O) groups excluding carboxylic acids is 1. The van der Waals surface area contributed by atoms with Gasteiger partial charge in [-0.15, -0.1) is 11.3 Å². The van der Waals surface area contributed by atoms with E-state index in [0.717, 1.165) is 23.9 Å². The molecule has 0 unspecified atom stereocenters. The Morgan fingerprint density at radius 3 is 2.73 bits per heavy atom. The van der Waals surface area contributed by atoms with Gasteiger partial charge in [0.15, 0.2) is 5.13 Å². The summed E-state index contributed by atoms with van der Waals surface area (Å²) in [6.45, 7) is 2.71. The van der Waals surface area contributed by atoms with Crippen LogP contribution in [0.5, 0.6) is 0 Å². The molecule has 1 aromatic heterocycles. The molecule has 0 radical (unpaired) electrons. The first-order chi connectivity index (χ1) is 10.7. The third kappa shape index (κ3) is 3.62. The lowest BCUT2D eigenvalue weighted by molar-refractivity contribution is 0.0954. The number of amides is 1. The van der Waals surface area contributed by atoms with Crippen molar-refractivity contribution in [3.05, 3.63) is 46.7 Å². The van der Waals surface area contributed by atoms with Gasteiger partial charge in [0.1, 0.15) is 5.82 Å². The molecule has 3 rings (SSSR count). The summed E-state index contributed by atoms with van der Waals surface area (Å²) in [4.78, 5) is 18.8. The third-order valence-electron chi connectivity index (χ3n) is 3.69. The fraction of sp³-hybridized carbons (Fsp3) is 0.375.